The van der Waals surface area contributed by atoms with Gasteiger partial charge in [0.15, 0.2) is 11.9 Å². The van der Waals surface area contributed by atoms with Gasteiger partial charge in [-0.1, -0.05) is 29.5 Å². The molecule has 0 amide bonds. The first-order valence-electron chi connectivity index (χ1n) is 6.33. The lowest BCUT2D eigenvalue weighted by molar-refractivity contribution is -0.431. The molecule has 0 aliphatic heterocycles. The molecule has 106 valence electrons. The van der Waals surface area contributed by atoms with Crippen LogP contribution in [0.4, 0.5) is 5.69 Å². The van der Waals surface area contributed by atoms with Gasteiger partial charge in [-0.05, 0) is 36.4 Å². The van der Waals surface area contributed by atoms with Gasteiger partial charge in [0.05, 0.1) is 0 Å². The van der Waals surface area contributed by atoms with Crippen molar-refractivity contribution < 1.29 is 4.58 Å². The molecule has 1 aromatic rings. The van der Waals surface area contributed by atoms with Crippen LogP contribution in [-0.4, -0.2) is 30.1 Å². The molecule has 0 saturated heterocycles. The molecule has 0 heterocycles. The number of benzene rings is 1. The third-order valence-electron chi connectivity index (χ3n) is 2.68. The Labute approximate surface area is 130 Å². The van der Waals surface area contributed by atoms with Crippen molar-refractivity contribution in [1.29, 1.82) is 0 Å². The van der Waals surface area contributed by atoms with Crippen LogP contribution in [0.2, 0.25) is 0 Å². The van der Waals surface area contributed by atoms with E-state index in [1.165, 1.54) is 10.8 Å². The zero-order chi connectivity index (χ0) is 14.8. The molecule has 1 N–H and O–H groups in total. The normalized spacial score (nSPS) is 11.6. The second kappa shape index (κ2) is 9.50. The molecule has 0 aromatic heterocycles. The zero-order valence-electron chi connectivity index (χ0n) is 11.7. The number of thiol groups is 1. The van der Waals surface area contributed by atoms with E-state index in [0.29, 0.717) is 0 Å². The lowest BCUT2D eigenvalue weighted by atomic mass is 10.2. The molecule has 0 aliphatic carbocycles. The molecular formula is C16H21N2S2+. The maximum atomic E-state index is 4.11. The molecule has 0 atom stereocenters. The van der Waals surface area contributed by atoms with E-state index in [2.05, 4.69) is 54.4 Å². The van der Waals surface area contributed by atoms with E-state index in [0.717, 1.165) is 29.2 Å². The van der Waals surface area contributed by atoms with Gasteiger partial charge in [-0.15, -0.1) is 11.7 Å². The lowest BCUT2D eigenvalue weighted by Crippen LogP contribution is -2.02. The number of allylic oxidation sites excluding steroid dienone is 2. The monoisotopic (exact) mass is 305 g/mol. The number of anilines is 1. The van der Waals surface area contributed by atoms with Gasteiger partial charge in [0.1, 0.15) is 7.05 Å². The highest BCUT2D eigenvalue weighted by Crippen LogP contribution is 2.12. The number of hydrogen-bond donors (Lipinski definition) is 2. The van der Waals surface area contributed by atoms with Crippen LogP contribution < -0.4 is 5.32 Å². The van der Waals surface area contributed by atoms with Crippen LogP contribution in [0.3, 0.4) is 0 Å². The summed E-state index contributed by atoms with van der Waals surface area (Å²) in [5.74, 6) is 0.983. The second-order valence-electron chi connectivity index (χ2n) is 4.20. The molecule has 2 nitrogen and oxygen atoms in total. The molecule has 20 heavy (non-hydrogen) atoms. The average molecular weight is 305 g/mol. The molecule has 0 spiro atoms. The maximum Gasteiger partial charge on any atom is 0.197 e. The fraction of sp³-hybridized carbons (Fsp3) is 0.188. The molecule has 0 fully saturated rings. The molecule has 0 bridgehead atoms. The van der Waals surface area contributed by atoms with Crippen molar-refractivity contribution in [1.82, 2.24) is 0 Å². The average Bonchev–Trinajstić information content (AvgIpc) is 2.46. The van der Waals surface area contributed by atoms with Crippen LogP contribution in [0.15, 0.2) is 55.3 Å². The van der Waals surface area contributed by atoms with E-state index in [4.69, 9.17) is 0 Å². The minimum absolute atomic E-state index is 0.915. The Hall–Kier alpha value is -1.39. The van der Waals surface area contributed by atoms with Crippen LogP contribution in [0, 0.1) is 0 Å². The molecule has 0 radical (unpaired) electrons. The van der Waals surface area contributed by atoms with Gasteiger partial charge in [-0.3, -0.25) is 0 Å². The topological polar surface area (TPSA) is 15.0 Å². The number of hydrogen-bond acceptors (Lipinski definition) is 3. The van der Waals surface area contributed by atoms with Crippen LogP contribution in [0.1, 0.15) is 5.56 Å². The molecule has 1 rings (SSSR count). The summed E-state index contributed by atoms with van der Waals surface area (Å²) >= 11 is 4.11. The van der Waals surface area contributed by atoms with Gasteiger partial charge in [0, 0.05) is 24.1 Å². The number of nitrogens with zero attached hydrogens (tertiary/aromatic N) is 1. The van der Waals surface area contributed by atoms with Crippen molar-refractivity contribution in [2.24, 2.45) is 0 Å². The predicted molar refractivity (Wildman–Crippen MR) is 97.0 cm³/mol. The summed E-state index contributed by atoms with van der Waals surface area (Å²) in [6.07, 6.45) is 7.64. The van der Waals surface area contributed by atoms with Gasteiger partial charge in [0.25, 0.3) is 0 Å². The first-order chi connectivity index (χ1) is 9.67. The molecule has 0 saturated carbocycles. The Morgan fingerprint density at radius 1 is 1.40 bits per heavy atom. The molecule has 1 aromatic carbocycles. The highest BCUT2D eigenvalue weighted by molar-refractivity contribution is 8.68. The fourth-order valence-electron chi connectivity index (χ4n) is 1.52. The highest BCUT2D eigenvalue weighted by atomic mass is 33.1. The summed E-state index contributed by atoms with van der Waals surface area (Å²) in [6, 6.07) is 8.31. The van der Waals surface area contributed by atoms with Crippen LogP contribution in [0.5, 0.6) is 0 Å². The largest absolute Gasteiger partial charge is 0.384 e. The zero-order valence-corrected chi connectivity index (χ0v) is 13.5. The Morgan fingerprint density at radius 2 is 2.10 bits per heavy atom. The Bertz CT molecular complexity index is 502. The summed E-state index contributed by atoms with van der Waals surface area (Å²) in [4.78, 5) is 0. The van der Waals surface area contributed by atoms with Gasteiger partial charge in [-0.25, -0.2) is 4.58 Å². The summed E-state index contributed by atoms with van der Waals surface area (Å²) in [5.41, 5.74) is 3.19. The van der Waals surface area contributed by atoms with Crippen LogP contribution in [0.25, 0.3) is 6.08 Å². The smallest absolute Gasteiger partial charge is 0.197 e. The first-order valence-corrected chi connectivity index (χ1v) is 8.37. The minimum Gasteiger partial charge on any atom is -0.384 e. The second-order valence-corrected chi connectivity index (χ2v) is 5.64. The van der Waals surface area contributed by atoms with Crippen molar-refractivity contribution in [3.8, 4) is 0 Å². The van der Waals surface area contributed by atoms with Crippen LogP contribution in [-0.2, 0) is 0 Å². The maximum absolute atomic E-state index is 4.11. The van der Waals surface area contributed by atoms with Crippen molar-refractivity contribution >= 4 is 40.4 Å². The number of nitrogens with one attached hydrogen (secondary N) is 1. The van der Waals surface area contributed by atoms with Gasteiger partial charge in [0.2, 0.25) is 0 Å². The first kappa shape index (κ1) is 16.7. The van der Waals surface area contributed by atoms with Crippen molar-refractivity contribution in [2.45, 2.75) is 0 Å². The fourth-order valence-corrected chi connectivity index (χ4v) is 1.98. The minimum atomic E-state index is 0.915. The van der Waals surface area contributed by atoms with Gasteiger partial charge in [-0.2, -0.15) is 0 Å². The van der Waals surface area contributed by atoms with Gasteiger partial charge >= 0.3 is 0 Å². The lowest BCUT2D eigenvalue weighted by Gasteiger charge is -2.04. The molecular weight excluding hydrogens is 284 g/mol. The summed E-state index contributed by atoms with van der Waals surface area (Å²) in [7, 11) is 3.48. The Kier molecular flexibility index (Phi) is 7.92. The SMILES string of the molecule is C=CC=[N+](C)C(=C)/C=C/c1ccc(NCCSS)cc1. The van der Waals surface area contributed by atoms with E-state index in [9.17, 15) is 0 Å². The van der Waals surface area contributed by atoms with E-state index >= 15 is 0 Å². The predicted octanol–water partition coefficient (Wildman–Crippen LogP) is 4.10. The summed E-state index contributed by atoms with van der Waals surface area (Å²) in [5, 5.41) is 3.34. The van der Waals surface area contributed by atoms with Crippen molar-refractivity contribution in [2.75, 3.05) is 24.7 Å². The number of rotatable bonds is 8. The molecule has 0 aliphatic rings. The van der Waals surface area contributed by atoms with E-state index in [1.807, 2.05) is 30.0 Å². The van der Waals surface area contributed by atoms with E-state index < -0.39 is 0 Å². The van der Waals surface area contributed by atoms with Crippen molar-refractivity contribution in [3.05, 3.63) is 60.8 Å². The standard InChI is InChI=1S/C16H20N2S2/c1-4-12-18(3)14(2)5-6-15-7-9-16(10-8-15)17-11-13-20-19/h4-10,12,17H,1-2,11,13H2,3H3/p+1/b6-5+,18-12?. The van der Waals surface area contributed by atoms with E-state index in [-0.39, 0.29) is 0 Å². The number of likely N-dealkylation sites (N-methyl/N-ethyl adjacent to an activating group) is 1. The third kappa shape index (κ3) is 6.17. The Morgan fingerprint density at radius 3 is 2.70 bits per heavy atom. The quantitative estimate of drug-likeness (QED) is 0.188. The van der Waals surface area contributed by atoms with Crippen LogP contribution >= 0.6 is 22.5 Å². The third-order valence-corrected chi connectivity index (χ3v) is 3.62. The Balaban J connectivity index is 2.58. The van der Waals surface area contributed by atoms with Crippen molar-refractivity contribution in [3.63, 3.8) is 0 Å². The summed E-state index contributed by atoms with van der Waals surface area (Å²) < 4.78 is 1.93. The molecule has 4 heteroatoms. The summed E-state index contributed by atoms with van der Waals surface area (Å²) in [6.45, 7) is 8.58. The molecule has 0 unspecified atom stereocenters. The van der Waals surface area contributed by atoms with Gasteiger partial charge < -0.3 is 5.32 Å². The highest BCUT2D eigenvalue weighted by Gasteiger charge is 1.98. The van der Waals surface area contributed by atoms with E-state index in [1.54, 1.807) is 6.08 Å².